The number of hydrogen-bond donors (Lipinski definition) is 1. The van der Waals surface area contributed by atoms with Crippen molar-refractivity contribution in [1.29, 1.82) is 0 Å². The van der Waals surface area contributed by atoms with E-state index in [1.54, 1.807) is 22.5 Å². The van der Waals surface area contributed by atoms with Crippen molar-refractivity contribution in [2.45, 2.75) is 19.6 Å². The first-order valence-electron chi connectivity index (χ1n) is 8.74. The summed E-state index contributed by atoms with van der Waals surface area (Å²) in [6, 6.07) is 13.3. The molecular weight excluding hydrogens is 364 g/mol. The molecule has 4 rings (SSSR count). The van der Waals surface area contributed by atoms with Crippen LogP contribution in [0.1, 0.15) is 16.2 Å². The van der Waals surface area contributed by atoms with Crippen LogP contribution < -0.4 is 14.8 Å². The number of carbonyl (C=O) groups excluding carboxylic acids is 1. The highest BCUT2D eigenvalue weighted by atomic mass is 32.1. The zero-order valence-corrected chi connectivity index (χ0v) is 15.5. The van der Waals surface area contributed by atoms with Crippen molar-refractivity contribution in [1.82, 2.24) is 10.2 Å². The van der Waals surface area contributed by atoms with Gasteiger partial charge in [0.15, 0.2) is 11.5 Å². The van der Waals surface area contributed by atoms with E-state index in [9.17, 15) is 4.79 Å². The van der Waals surface area contributed by atoms with Crippen molar-refractivity contribution < 1.29 is 18.7 Å². The number of nitrogens with one attached hydrogen (secondary N) is 1. The number of rotatable bonds is 6. The SMILES string of the molecule is O=C(NCc1ccc2c(c1)OCCO2)N(Cc1ccco1)Cc1cccs1. The van der Waals surface area contributed by atoms with Crippen LogP contribution in [0.2, 0.25) is 0 Å². The van der Waals surface area contributed by atoms with Crippen LogP contribution in [0, 0.1) is 0 Å². The third-order valence-corrected chi connectivity index (χ3v) is 5.05. The maximum Gasteiger partial charge on any atom is 0.318 e. The van der Waals surface area contributed by atoms with E-state index in [4.69, 9.17) is 13.9 Å². The number of fused-ring (bicyclic) bond motifs is 1. The van der Waals surface area contributed by atoms with Crippen LogP contribution >= 0.6 is 11.3 Å². The van der Waals surface area contributed by atoms with Gasteiger partial charge in [0.1, 0.15) is 19.0 Å². The van der Waals surface area contributed by atoms with E-state index in [1.807, 2.05) is 47.8 Å². The second-order valence-electron chi connectivity index (χ2n) is 6.15. The minimum atomic E-state index is -0.144. The lowest BCUT2D eigenvalue weighted by Gasteiger charge is -2.22. The molecule has 0 spiro atoms. The molecule has 2 aromatic heterocycles. The normalized spacial score (nSPS) is 12.6. The third-order valence-electron chi connectivity index (χ3n) is 4.19. The van der Waals surface area contributed by atoms with Crippen molar-refractivity contribution in [2.75, 3.05) is 13.2 Å². The van der Waals surface area contributed by atoms with Crippen molar-refractivity contribution >= 4 is 17.4 Å². The first-order chi connectivity index (χ1) is 13.3. The van der Waals surface area contributed by atoms with Gasteiger partial charge in [0, 0.05) is 11.4 Å². The molecule has 0 saturated carbocycles. The highest BCUT2D eigenvalue weighted by Crippen LogP contribution is 2.30. The van der Waals surface area contributed by atoms with Crippen molar-refractivity contribution in [3.63, 3.8) is 0 Å². The Morgan fingerprint density at radius 2 is 1.96 bits per heavy atom. The molecular formula is C20H20N2O4S. The average Bonchev–Trinajstić information content (AvgIpc) is 3.39. The lowest BCUT2D eigenvalue weighted by molar-refractivity contribution is 0.171. The van der Waals surface area contributed by atoms with Gasteiger partial charge in [-0.25, -0.2) is 4.79 Å². The quantitative estimate of drug-likeness (QED) is 0.697. The third kappa shape index (κ3) is 4.43. The number of hydrogen-bond acceptors (Lipinski definition) is 5. The summed E-state index contributed by atoms with van der Waals surface area (Å²) in [6.45, 7) is 2.46. The van der Waals surface area contributed by atoms with E-state index in [1.165, 1.54) is 0 Å². The molecule has 0 unspecified atom stereocenters. The van der Waals surface area contributed by atoms with Crippen molar-refractivity contribution in [3.8, 4) is 11.5 Å². The standard InChI is InChI=1S/C20H20N2O4S/c23-20(21-12-15-5-6-18-19(11-15)26-9-8-25-18)22(13-16-3-1-7-24-16)14-17-4-2-10-27-17/h1-7,10-11H,8-9,12-14H2,(H,21,23). The maximum absolute atomic E-state index is 12.8. The molecule has 1 aliphatic heterocycles. The number of carbonyl (C=O) groups is 1. The predicted molar refractivity (Wildman–Crippen MR) is 102 cm³/mol. The molecule has 1 N–H and O–H groups in total. The Bertz CT molecular complexity index is 841. The minimum Gasteiger partial charge on any atom is -0.486 e. The Morgan fingerprint density at radius 3 is 2.74 bits per heavy atom. The van der Waals surface area contributed by atoms with E-state index in [0.29, 0.717) is 32.8 Å². The Hall–Kier alpha value is -2.93. The van der Waals surface area contributed by atoms with Crippen LogP contribution in [-0.4, -0.2) is 24.1 Å². The molecule has 0 saturated heterocycles. The number of urea groups is 1. The summed E-state index contributed by atoms with van der Waals surface area (Å²) in [5.41, 5.74) is 0.960. The largest absolute Gasteiger partial charge is 0.486 e. The number of ether oxygens (including phenoxy) is 2. The van der Waals surface area contributed by atoms with Crippen LogP contribution in [0.25, 0.3) is 0 Å². The van der Waals surface area contributed by atoms with Crippen molar-refractivity contribution in [3.05, 3.63) is 70.3 Å². The van der Waals surface area contributed by atoms with Gasteiger partial charge in [-0.2, -0.15) is 0 Å². The molecule has 0 fully saturated rings. The van der Waals surface area contributed by atoms with Gasteiger partial charge in [0.2, 0.25) is 0 Å². The first kappa shape index (κ1) is 17.5. The number of furan rings is 1. The smallest absolute Gasteiger partial charge is 0.318 e. The molecule has 0 aliphatic carbocycles. The molecule has 3 aromatic rings. The van der Waals surface area contributed by atoms with Gasteiger partial charge in [0.25, 0.3) is 0 Å². The van der Waals surface area contributed by atoms with Crippen molar-refractivity contribution in [2.24, 2.45) is 0 Å². The molecule has 1 aromatic carbocycles. The second kappa shape index (κ2) is 8.18. The lowest BCUT2D eigenvalue weighted by Crippen LogP contribution is -2.38. The zero-order chi connectivity index (χ0) is 18.5. The molecule has 1 aliphatic rings. The molecule has 0 atom stereocenters. The molecule has 27 heavy (non-hydrogen) atoms. The number of benzene rings is 1. The predicted octanol–water partition coefficient (Wildman–Crippen LogP) is 4.02. The van der Waals surface area contributed by atoms with E-state index in [-0.39, 0.29) is 6.03 Å². The van der Waals surface area contributed by atoms with Crippen LogP contribution in [0.4, 0.5) is 4.79 Å². The summed E-state index contributed by atoms with van der Waals surface area (Å²) in [6.07, 6.45) is 1.62. The van der Waals surface area contributed by atoms with Gasteiger partial charge >= 0.3 is 6.03 Å². The summed E-state index contributed by atoms with van der Waals surface area (Å²) in [4.78, 5) is 15.6. The molecule has 0 bridgehead atoms. The minimum absolute atomic E-state index is 0.144. The molecule has 7 heteroatoms. The molecule has 2 amide bonds. The topological polar surface area (TPSA) is 63.9 Å². The highest BCUT2D eigenvalue weighted by molar-refractivity contribution is 7.09. The Kier molecular flexibility index (Phi) is 5.29. The summed E-state index contributed by atoms with van der Waals surface area (Å²) < 4.78 is 16.5. The maximum atomic E-state index is 12.8. The fourth-order valence-corrected chi connectivity index (χ4v) is 3.59. The molecule has 140 valence electrons. The van der Waals surface area contributed by atoms with Crippen LogP contribution in [-0.2, 0) is 19.6 Å². The molecule has 0 radical (unpaired) electrons. The number of nitrogens with zero attached hydrogens (tertiary/aromatic N) is 1. The number of thiophene rings is 1. The summed E-state index contributed by atoms with van der Waals surface area (Å²) in [7, 11) is 0. The van der Waals surface area contributed by atoms with Crippen LogP contribution in [0.3, 0.4) is 0 Å². The fraction of sp³-hybridized carbons (Fsp3) is 0.250. The Morgan fingerprint density at radius 1 is 1.07 bits per heavy atom. The summed E-state index contributed by atoms with van der Waals surface area (Å²) in [5, 5.41) is 4.99. The van der Waals surface area contributed by atoms with E-state index in [0.717, 1.165) is 27.7 Å². The van der Waals surface area contributed by atoms with Crippen LogP contribution in [0.5, 0.6) is 11.5 Å². The van der Waals surface area contributed by atoms with E-state index >= 15 is 0 Å². The summed E-state index contributed by atoms with van der Waals surface area (Å²) in [5.74, 6) is 2.22. The monoisotopic (exact) mass is 384 g/mol. The highest BCUT2D eigenvalue weighted by Gasteiger charge is 2.17. The van der Waals surface area contributed by atoms with Gasteiger partial charge < -0.3 is 24.1 Å². The van der Waals surface area contributed by atoms with Gasteiger partial charge in [-0.05, 0) is 41.3 Å². The average molecular weight is 384 g/mol. The number of amides is 2. The van der Waals surface area contributed by atoms with Gasteiger partial charge in [-0.15, -0.1) is 11.3 Å². The lowest BCUT2D eigenvalue weighted by atomic mass is 10.2. The molecule has 6 nitrogen and oxygen atoms in total. The van der Waals surface area contributed by atoms with Gasteiger partial charge in [-0.1, -0.05) is 12.1 Å². The zero-order valence-electron chi connectivity index (χ0n) is 14.7. The summed E-state index contributed by atoms with van der Waals surface area (Å²) >= 11 is 1.63. The molecule has 3 heterocycles. The first-order valence-corrected chi connectivity index (χ1v) is 9.62. The fourth-order valence-electron chi connectivity index (χ4n) is 2.87. The Labute approximate surface area is 161 Å². The second-order valence-corrected chi connectivity index (χ2v) is 7.18. The van der Waals surface area contributed by atoms with E-state index < -0.39 is 0 Å². The van der Waals surface area contributed by atoms with Crippen LogP contribution in [0.15, 0.2) is 58.5 Å². The van der Waals surface area contributed by atoms with Gasteiger partial charge in [-0.3, -0.25) is 0 Å². The van der Waals surface area contributed by atoms with E-state index in [2.05, 4.69) is 5.32 Å². The van der Waals surface area contributed by atoms with Gasteiger partial charge in [0.05, 0.1) is 19.4 Å². The Balaban J connectivity index is 1.41.